The maximum absolute atomic E-state index is 8.46. The zero-order valence-corrected chi connectivity index (χ0v) is 11.7. The summed E-state index contributed by atoms with van der Waals surface area (Å²) in [4.78, 5) is 27.9. The largest absolute Gasteiger partial charge is 4.00 e. The Morgan fingerprint density at radius 2 is 0.538 bits per heavy atom. The normalized spacial score (nSPS) is 6.46. The molecule has 0 aliphatic rings. The molecule has 0 fully saturated rings. The van der Waals surface area contributed by atoms with Crippen molar-refractivity contribution in [2.75, 3.05) is 0 Å². The van der Waals surface area contributed by atoms with E-state index in [1.54, 1.807) is 0 Å². The van der Waals surface area contributed by atoms with Gasteiger partial charge in [-0.1, -0.05) is 0 Å². The molecule has 0 unspecified atom stereocenters. The predicted molar refractivity (Wildman–Crippen MR) is 39.3 cm³/mol. The van der Waals surface area contributed by atoms with Gasteiger partial charge in [-0.3, -0.25) is 0 Å². The van der Waals surface area contributed by atoms with Gasteiger partial charge in [-0.05, 0) is 0 Å². The zero-order valence-electron chi connectivity index (χ0n) is 5.56. The fraction of sp³-hybridized carbons (Fsp3) is 0. The molecule has 8 nitrogen and oxygen atoms in total. The monoisotopic (exact) mass is 448 g/mol. The van der Waals surface area contributed by atoms with Crippen LogP contribution in [0.5, 0.6) is 0 Å². The van der Waals surface area contributed by atoms with E-state index in [9.17, 15) is 0 Å². The molecule has 76 valence electrons. The Morgan fingerprint density at radius 1 is 0.538 bits per heavy atom. The maximum Gasteiger partial charge on any atom is 4.00 e. The van der Waals surface area contributed by atoms with Crippen molar-refractivity contribution in [1.82, 2.24) is 0 Å². The van der Waals surface area contributed by atoms with Crippen molar-refractivity contribution in [3.05, 3.63) is 0 Å². The van der Waals surface area contributed by atoms with E-state index >= 15 is 0 Å². The van der Waals surface area contributed by atoms with Gasteiger partial charge in [0.2, 0.25) is 0 Å². The van der Waals surface area contributed by atoms with Crippen molar-refractivity contribution in [2.24, 2.45) is 0 Å². The Morgan fingerprint density at radius 3 is 0.538 bits per heavy atom. The van der Waals surface area contributed by atoms with Crippen molar-refractivity contribution in [3.8, 4) is 0 Å². The third kappa shape index (κ3) is 1980. The first kappa shape index (κ1) is 29.2. The summed E-state index contributed by atoms with van der Waals surface area (Å²) in [5.41, 5.74) is 0. The van der Waals surface area contributed by atoms with Gasteiger partial charge in [0.25, 0.3) is 0 Å². The third-order valence-corrected chi connectivity index (χ3v) is 0. The SMILES string of the molecule is O=PO.O=PO.O=PO.O=PO.[Os+4]. The quantitative estimate of drug-likeness (QED) is 0.398. The summed E-state index contributed by atoms with van der Waals surface area (Å²) in [6, 6.07) is 0. The first-order valence-corrected chi connectivity index (χ1v) is 4.59. The number of hydrogen-bond donors (Lipinski definition) is 4. The molecule has 0 rings (SSSR count). The zero-order chi connectivity index (χ0) is 10.8. The van der Waals surface area contributed by atoms with Gasteiger partial charge in [-0.2, -0.15) is 0 Å². The molecular weight excluding hydrogens is 442 g/mol. The summed E-state index contributed by atoms with van der Waals surface area (Å²) < 4.78 is 33.8. The Labute approximate surface area is 92.6 Å². The molecule has 0 spiro atoms. The molecule has 0 amide bonds. The third-order valence-electron chi connectivity index (χ3n) is 0. The minimum Gasteiger partial charge on any atom is -0.310 e. The fourth-order valence-corrected chi connectivity index (χ4v) is 0. The first-order chi connectivity index (χ1) is 5.66. The Kier molecular flexibility index (Phi) is 172. The van der Waals surface area contributed by atoms with Crippen molar-refractivity contribution >= 4 is 34.7 Å². The molecule has 13 heteroatoms. The van der Waals surface area contributed by atoms with Crippen LogP contribution in [0.2, 0.25) is 0 Å². The van der Waals surface area contributed by atoms with Crippen LogP contribution in [0.1, 0.15) is 0 Å². The van der Waals surface area contributed by atoms with Gasteiger partial charge >= 0.3 is 54.5 Å². The predicted octanol–water partition coefficient (Wildman–Crippen LogP) is 0.739. The van der Waals surface area contributed by atoms with Crippen LogP contribution in [0.4, 0.5) is 0 Å². The molecule has 13 heavy (non-hydrogen) atoms. The Bertz CT molecular complexity index is 70.1. The standard InChI is InChI=1S/4HO2P.Os/c4*1-3-2;/h4*(H,1,2);/q;;;;+4. The van der Waals surface area contributed by atoms with Crippen molar-refractivity contribution in [2.45, 2.75) is 0 Å². The average molecular weight is 446 g/mol. The van der Waals surface area contributed by atoms with Crippen molar-refractivity contribution in [1.29, 1.82) is 0 Å². The van der Waals surface area contributed by atoms with E-state index < -0.39 is 34.7 Å². The fourth-order valence-electron chi connectivity index (χ4n) is 0. The summed E-state index contributed by atoms with van der Waals surface area (Å²) in [5.74, 6) is 0. The average Bonchev–Trinajstić information content (AvgIpc) is 1.92. The topological polar surface area (TPSA) is 149 Å². The molecule has 0 aromatic heterocycles. The number of rotatable bonds is 0. The van der Waals surface area contributed by atoms with E-state index in [4.69, 9.17) is 37.8 Å². The minimum atomic E-state index is -0.833. The van der Waals surface area contributed by atoms with Gasteiger partial charge in [-0.15, -0.1) is 0 Å². The molecule has 0 aliphatic heterocycles. The molecule has 0 aromatic carbocycles. The Balaban J connectivity index is -0.0000000213. The van der Waals surface area contributed by atoms with Crippen LogP contribution in [-0.2, 0) is 38.1 Å². The molecule has 0 aliphatic carbocycles. The van der Waals surface area contributed by atoms with Crippen molar-refractivity contribution in [3.63, 3.8) is 0 Å². The minimum absolute atomic E-state index is 0. The van der Waals surface area contributed by atoms with Gasteiger partial charge in [0, 0.05) is 0 Å². The Hall–Kier alpha value is 0.876. The van der Waals surface area contributed by atoms with E-state index in [-0.39, 0.29) is 19.8 Å². The second kappa shape index (κ2) is 76.4. The number of hydrogen-bond acceptors (Lipinski definition) is 4. The molecule has 0 bridgehead atoms. The van der Waals surface area contributed by atoms with E-state index in [2.05, 4.69) is 0 Å². The maximum atomic E-state index is 8.46. The van der Waals surface area contributed by atoms with Gasteiger partial charge < -0.3 is 19.6 Å². The molecule has 0 saturated heterocycles. The molecule has 0 atom stereocenters. The molecule has 0 heterocycles. The van der Waals surface area contributed by atoms with Crippen LogP contribution >= 0.6 is 34.7 Å². The smallest absolute Gasteiger partial charge is 0.310 e. The van der Waals surface area contributed by atoms with Crippen LogP contribution in [0.25, 0.3) is 0 Å². The summed E-state index contributed by atoms with van der Waals surface area (Å²) in [7, 11) is -3.33. The summed E-state index contributed by atoms with van der Waals surface area (Å²) in [6.07, 6.45) is 0. The summed E-state index contributed by atoms with van der Waals surface area (Å²) in [6.45, 7) is 0. The van der Waals surface area contributed by atoms with E-state index in [1.807, 2.05) is 0 Å². The second-order valence-electron chi connectivity index (χ2n) is 0.327. The summed E-state index contributed by atoms with van der Waals surface area (Å²) in [5, 5.41) is 0. The van der Waals surface area contributed by atoms with Gasteiger partial charge in [0.15, 0.2) is 0 Å². The van der Waals surface area contributed by atoms with Gasteiger partial charge in [0.05, 0.1) is 0 Å². The van der Waals surface area contributed by atoms with E-state index in [0.717, 1.165) is 0 Å². The second-order valence-corrected chi connectivity index (χ2v) is 0.980. The molecule has 0 aromatic rings. The summed E-state index contributed by atoms with van der Waals surface area (Å²) >= 11 is 0. The van der Waals surface area contributed by atoms with Gasteiger partial charge in [-0.25, -0.2) is 18.3 Å². The molecular formula is H4O8OsP4+4. The van der Waals surface area contributed by atoms with Crippen LogP contribution in [0.15, 0.2) is 0 Å². The van der Waals surface area contributed by atoms with Crippen LogP contribution < -0.4 is 0 Å². The molecule has 0 radical (unpaired) electrons. The van der Waals surface area contributed by atoms with Crippen LogP contribution in [-0.4, -0.2) is 19.6 Å². The van der Waals surface area contributed by atoms with Crippen molar-refractivity contribution < 1.29 is 57.6 Å². The van der Waals surface area contributed by atoms with E-state index in [0.29, 0.717) is 0 Å². The molecule has 0 saturated carbocycles. The first-order valence-electron chi connectivity index (χ1n) is 1.53. The molecule has 4 N–H and O–H groups in total. The van der Waals surface area contributed by atoms with Gasteiger partial charge in [0.1, 0.15) is 0 Å². The van der Waals surface area contributed by atoms with E-state index in [1.165, 1.54) is 0 Å². The van der Waals surface area contributed by atoms with Crippen LogP contribution in [0, 0.1) is 0 Å². The van der Waals surface area contributed by atoms with Crippen LogP contribution in [0.3, 0.4) is 0 Å².